The molecule has 0 radical (unpaired) electrons. The number of rotatable bonds is 4. The van der Waals surface area contributed by atoms with Crippen LogP contribution < -0.4 is 10.6 Å². The minimum Gasteiger partial charge on any atom is -0.395 e. The SMILES string of the molecule is O=C(CN1Cc2c(Cl)cccc2NC1=O)NCCO. The number of aliphatic hydroxyl groups is 1. The Bertz CT molecular complexity index is 507. The number of hydrogen-bond donors (Lipinski definition) is 3. The number of aliphatic hydroxyl groups excluding tert-OH is 1. The number of nitrogens with one attached hydrogen (secondary N) is 2. The summed E-state index contributed by atoms with van der Waals surface area (Å²) < 4.78 is 0. The highest BCUT2D eigenvalue weighted by Crippen LogP contribution is 2.29. The number of urea groups is 1. The lowest BCUT2D eigenvalue weighted by atomic mass is 10.1. The Labute approximate surface area is 115 Å². The van der Waals surface area contributed by atoms with Gasteiger partial charge in [0.2, 0.25) is 5.91 Å². The lowest BCUT2D eigenvalue weighted by molar-refractivity contribution is -0.121. The topological polar surface area (TPSA) is 81.7 Å². The van der Waals surface area contributed by atoms with Crippen LogP contribution in [-0.2, 0) is 11.3 Å². The van der Waals surface area contributed by atoms with E-state index in [2.05, 4.69) is 10.6 Å². The molecular formula is C12H14ClN3O3. The van der Waals surface area contributed by atoms with Crippen LogP contribution in [0.4, 0.5) is 10.5 Å². The van der Waals surface area contributed by atoms with E-state index in [4.69, 9.17) is 16.7 Å². The number of carbonyl (C=O) groups excluding carboxylic acids is 2. The second-order valence-electron chi connectivity index (χ2n) is 4.13. The van der Waals surface area contributed by atoms with Gasteiger partial charge in [-0.3, -0.25) is 4.79 Å². The number of hydrogen-bond acceptors (Lipinski definition) is 3. The van der Waals surface area contributed by atoms with Crippen molar-refractivity contribution < 1.29 is 14.7 Å². The van der Waals surface area contributed by atoms with Crippen molar-refractivity contribution in [2.24, 2.45) is 0 Å². The van der Waals surface area contributed by atoms with E-state index in [0.717, 1.165) is 5.56 Å². The van der Waals surface area contributed by atoms with Gasteiger partial charge in [0.05, 0.1) is 13.2 Å². The Hall–Kier alpha value is -1.79. The maximum atomic E-state index is 11.8. The Balaban J connectivity index is 2.06. The number of carbonyl (C=O) groups is 2. The normalized spacial score (nSPS) is 13.8. The van der Waals surface area contributed by atoms with Crippen LogP contribution in [0.15, 0.2) is 18.2 Å². The van der Waals surface area contributed by atoms with E-state index in [1.807, 2.05) is 0 Å². The fourth-order valence-corrected chi connectivity index (χ4v) is 2.08. The van der Waals surface area contributed by atoms with Crippen molar-refractivity contribution in [2.75, 3.05) is 25.0 Å². The molecule has 2 rings (SSSR count). The summed E-state index contributed by atoms with van der Waals surface area (Å²) in [5, 5.41) is 14.3. The highest BCUT2D eigenvalue weighted by molar-refractivity contribution is 6.32. The Morgan fingerprint density at radius 3 is 3.05 bits per heavy atom. The summed E-state index contributed by atoms with van der Waals surface area (Å²) in [6.07, 6.45) is 0. The van der Waals surface area contributed by atoms with Gasteiger partial charge in [-0.15, -0.1) is 0 Å². The van der Waals surface area contributed by atoms with E-state index < -0.39 is 0 Å². The van der Waals surface area contributed by atoms with Crippen molar-refractivity contribution in [2.45, 2.75) is 6.54 Å². The minimum absolute atomic E-state index is 0.0729. The number of benzene rings is 1. The third-order valence-corrected chi connectivity index (χ3v) is 3.12. The number of fused-ring (bicyclic) bond motifs is 1. The van der Waals surface area contributed by atoms with Gasteiger partial charge in [0.15, 0.2) is 0 Å². The predicted molar refractivity (Wildman–Crippen MR) is 71.0 cm³/mol. The molecular weight excluding hydrogens is 270 g/mol. The molecule has 3 N–H and O–H groups in total. The molecule has 0 aromatic heterocycles. The van der Waals surface area contributed by atoms with Crippen LogP contribution >= 0.6 is 11.6 Å². The van der Waals surface area contributed by atoms with Crippen LogP contribution in [0.2, 0.25) is 5.02 Å². The van der Waals surface area contributed by atoms with E-state index in [-0.39, 0.29) is 38.2 Å². The van der Waals surface area contributed by atoms with Crippen LogP contribution in [0.3, 0.4) is 0 Å². The van der Waals surface area contributed by atoms with Crippen LogP contribution in [0.1, 0.15) is 5.56 Å². The van der Waals surface area contributed by atoms with Gasteiger partial charge < -0.3 is 20.6 Å². The monoisotopic (exact) mass is 283 g/mol. The molecule has 1 aromatic carbocycles. The Kier molecular flexibility index (Phi) is 4.24. The maximum absolute atomic E-state index is 11.8. The minimum atomic E-state index is -0.339. The summed E-state index contributed by atoms with van der Waals surface area (Å²) in [5.74, 6) is -0.320. The quantitative estimate of drug-likeness (QED) is 0.764. The molecule has 0 aliphatic carbocycles. The molecule has 0 atom stereocenters. The lowest BCUT2D eigenvalue weighted by Gasteiger charge is -2.29. The smallest absolute Gasteiger partial charge is 0.322 e. The molecule has 3 amide bonds. The maximum Gasteiger partial charge on any atom is 0.322 e. The van der Waals surface area contributed by atoms with E-state index >= 15 is 0 Å². The van der Waals surface area contributed by atoms with Gasteiger partial charge in [0.25, 0.3) is 0 Å². The van der Waals surface area contributed by atoms with E-state index in [1.165, 1.54) is 4.90 Å². The van der Waals surface area contributed by atoms with Crippen LogP contribution in [0, 0.1) is 0 Å². The van der Waals surface area contributed by atoms with Crippen molar-refractivity contribution in [3.63, 3.8) is 0 Å². The number of halogens is 1. The molecule has 102 valence electrons. The fourth-order valence-electron chi connectivity index (χ4n) is 1.85. The Morgan fingerprint density at radius 1 is 1.53 bits per heavy atom. The molecule has 0 fully saturated rings. The molecule has 1 aliphatic rings. The number of anilines is 1. The first-order valence-electron chi connectivity index (χ1n) is 5.82. The standard InChI is InChI=1S/C12H14ClN3O3/c13-9-2-1-3-10-8(9)6-16(12(19)15-10)7-11(18)14-4-5-17/h1-3,17H,4-7H2,(H,14,18)(H,15,19). The first-order chi connectivity index (χ1) is 9.11. The Morgan fingerprint density at radius 2 is 2.32 bits per heavy atom. The van der Waals surface area contributed by atoms with Crippen molar-refractivity contribution in [3.05, 3.63) is 28.8 Å². The van der Waals surface area contributed by atoms with Gasteiger partial charge in [0, 0.05) is 22.8 Å². The van der Waals surface area contributed by atoms with Crippen LogP contribution in [-0.4, -0.2) is 41.6 Å². The summed E-state index contributed by atoms with van der Waals surface area (Å²) in [4.78, 5) is 24.7. The fraction of sp³-hybridized carbons (Fsp3) is 0.333. The van der Waals surface area contributed by atoms with Crippen molar-refractivity contribution in [1.82, 2.24) is 10.2 Å². The van der Waals surface area contributed by atoms with E-state index in [9.17, 15) is 9.59 Å². The average molecular weight is 284 g/mol. The molecule has 0 saturated heterocycles. The molecule has 1 aromatic rings. The molecule has 0 bridgehead atoms. The predicted octanol–water partition coefficient (Wildman–Crippen LogP) is 0.796. The first-order valence-corrected chi connectivity index (χ1v) is 6.20. The molecule has 1 aliphatic heterocycles. The molecule has 6 nitrogen and oxygen atoms in total. The highest BCUT2D eigenvalue weighted by Gasteiger charge is 2.25. The number of amides is 3. The van der Waals surface area contributed by atoms with Gasteiger partial charge in [-0.1, -0.05) is 17.7 Å². The van der Waals surface area contributed by atoms with Gasteiger partial charge >= 0.3 is 6.03 Å². The lowest BCUT2D eigenvalue weighted by Crippen LogP contribution is -2.45. The molecule has 19 heavy (non-hydrogen) atoms. The summed E-state index contributed by atoms with van der Waals surface area (Å²) in [5.41, 5.74) is 1.46. The van der Waals surface area contributed by atoms with Crippen molar-refractivity contribution >= 4 is 29.2 Å². The summed E-state index contributed by atoms with van der Waals surface area (Å²) in [6.45, 7) is 0.252. The molecule has 0 spiro atoms. The van der Waals surface area contributed by atoms with Crippen LogP contribution in [0.25, 0.3) is 0 Å². The summed E-state index contributed by atoms with van der Waals surface area (Å²) in [6, 6.07) is 4.92. The summed E-state index contributed by atoms with van der Waals surface area (Å²) in [7, 11) is 0. The van der Waals surface area contributed by atoms with Gasteiger partial charge in [-0.25, -0.2) is 4.79 Å². The van der Waals surface area contributed by atoms with Gasteiger partial charge in [0.1, 0.15) is 6.54 Å². The molecule has 0 unspecified atom stereocenters. The molecule has 0 saturated carbocycles. The highest BCUT2D eigenvalue weighted by atomic mass is 35.5. The second-order valence-corrected chi connectivity index (χ2v) is 4.53. The summed E-state index contributed by atoms with van der Waals surface area (Å²) >= 11 is 6.06. The zero-order chi connectivity index (χ0) is 13.8. The van der Waals surface area contributed by atoms with Crippen molar-refractivity contribution in [3.8, 4) is 0 Å². The van der Waals surface area contributed by atoms with Gasteiger partial charge in [-0.2, -0.15) is 0 Å². The van der Waals surface area contributed by atoms with Crippen LogP contribution in [0.5, 0.6) is 0 Å². The zero-order valence-corrected chi connectivity index (χ0v) is 10.9. The third-order valence-electron chi connectivity index (χ3n) is 2.77. The number of nitrogens with zero attached hydrogens (tertiary/aromatic N) is 1. The van der Waals surface area contributed by atoms with Gasteiger partial charge in [-0.05, 0) is 12.1 Å². The molecule has 1 heterocycles. The second kappa shape index (κ2) is 5.90. The average Bonchev–Trinajstić information content (AvgIpc) is 2.38. The zero-order valence-electron chi connectivity index (χ0n) is 10.1. The van der Waals surface area contributed by atoms with Crippen molar-refractivity contribution in [1.29, 1.82) is 0 Å². The third kappa shape index (κ3) is 3.15. The molecule has 7 heteroatoms. The van der Waals surface area contributed by atoms with E-state index in [1.54, 1.807) is 18.2 Å². The van der Waals surface area contributed by atoms with E-state index in [0.29, 0.717) is 10.7 Å². The first kappa shape index (κ1) is 13.6. The largest absolute Gasteiger partial charge is 0.395 e.